The number of hydrogen-bond donors (Lipinski definition) is 2. The number of aliphatic hydroxyl groups excluding tert-OH is 1. The van der Waals surface area contributed by atoms with Crippen molar-refractivity contribution in [1.82, 2.24) is 5.32 Å². The van der Waals surface area contributed by atoms with Gasteiger partial charge in [0.1, 0.15) is 18.5 Å². The van der Waals surface area contributed by atoms with Crippen LogP contribution in [0.4, 0.5) is 0 Å². The van der Waals surface area contributed by atoms with Crippen molar-refractivity contribution in [3.8, 4) is 5.75 Å². The molecule has 0 amide bonds. The fraction of sp³-hybridized carbons (Fsp3) is 0.600. The molecule has 1 aromatic rings. The lowest BCUT2D eigenvalue weighted by Crippen LogP contribution is -2.39. The first kappa shape index (κ1) is 16.0. The second-order valence-electron chi connectivity index (χ2n) is 5.43. The second kappa shape index (κ2) is 7.55. The zero-order valence-electron chi connectivity index (χ0n) is 11.8. The number of benzene rings is 1. The third-order valence-electron chi connectivity index (χ3n) is 3.45. The normalized spacial score (nSPS) is 23.8. The average molecular weight is 316 g/mol. The molecule has 112 valence electrons. The highest BCUT2D eigenvalue weighted by Crippen LogP contribution is 2.36. The van der Waals surface area contributed by atoms with Gasteiger partial charge in [0.25, 0.3) is 0 Å². The first-order valence-electron chi connectivity index (χ1n) is 6.99. The van der Waals surface area contributed by atoms with E-state index >= 15 is 0 Å². The molecule has 1 fully saturated rings. The van der Waals surface area contributed by atoms with Gasteiger partial charge in [0.05, 0.1) is 5.02 Å². The molecular weight excluding hydrogens is 294 g/mol. The first-order chi connectivity index (χ1) is 9.59. The van der Waals surface area contributed by atoms with Crippen molar-refractivity contribution in [3.05, 3.63) is 29.3 Å². The van der Waals surface area contributed by atoms with E-state index in [2.05, 4.69) is 12.2 Å². The van der Waals surface area contributed by atoms with Crippen LogP contribution >= 0.6 is 23.4 Å². The van der Waals surface area contributed by atoms with Gasteiger partial charge in [-0.3, -0.25) is 0 Å². The molecule has 0 radical (unpaired) electrons. The van der Waals surface area contributed by atoms with Gasteiger partial charge in [-0.25, -0.2) is 0 Å². The highest BCUT2D eigenvalue weighted by molar-refractivity contribution is 8.00. The molecule has 3 nitrogen and oxygen atoms in total. The Morgan fingerprint density at radius 1 is 1.50 bits per heavy atom. The Kier molecular flexibility index (Phi) is 6.02. The number of ether oxygens (including phenoxy) is 1. The quantitative estimate of drug-likeness (QED) is 0.812. The maximum atomic E-state index is 9.92. The molecule has 2 unspecified atom stereocenters. The summed E-state index contributed by atoms with van der Waals surface area (Å²) in [6.07, 6.45) is 2.01. The number of aliphatic hydroxyl groups is 1. The third kappa shape index (κ3) is 4.85. The van der Waals surface area contributed by atoms with Crippen LogP contribution in [-0.2, 0) is 0 Å². The summed E-state index contributed by atoms with van der Waals surface area (Å²) in [7, 11) is 0. The molecule has 0 bridgehead atoms. The van der Waals surface area contributed by atoms with Crippen molar-refractivity contribution in [2.45, 2.75) is 30.6 Å². The van der Waals surface area contributed by atoms with Crippen molar-refractivity contribution in [1.29, 1.82) is 0 Å². The van der Waals surface area contributed by atoms with Crippen LogP contribution in [0.2, 0.25) is 5.02 Å². The maximum absolute atomic E-state index is 9.92. The number of thioether (sulfide) groups is 1. The minimum Gasteiger partial charge on any atom is -0.489 e. The molecule has 0 spiro atoms. The molecule has 1 saturated heterocycles. The first-order valence-corrected chi connectivity index (χ1v) is 8.35. The van der Waals surface area contributed by atoms with Crippen LogP contribution < -0.4 is 10.1 Å². The molecule has 20 heavy (non-hydrogen) atoms. The van der Waals surface area contributed by atoms with Crippen LogP contribution in [-0.4, -0.2) is 41.4 Å². The predicted molar refractivity (Wildman–Crippen MR) is 85.9 cm³/mol. The smallest absolute Gasteiger partial charge is 0.138 e. The van der Waals surface area contributed by atoms with E-state index in [1.807, 2.05) is 23.9 Å². The van der Waals surface area contributed by atoms with Gasteiger partial charge < -0.3 is 15.2 Å². The molecule has 2 atom stereocenters. The van der Waals surface area contributed by atoms with Gasteiger partial charge >= 0.3 is 0 Å². The molecule has 1 aliphatic heterocycles. The van der Waals surface area contributed by atoms with Crippen LogP contribution in [0.15, 0.2) is 24.3 Å². The minimum atomic E-state index is -0.527. The standard InChI is InChI=1S/C15H22ClNO2S/c1-15(7-4-8-20-15)11-17-9-12(18)10-19-14-6-3-2-5-13(14)16/h2-3,5-6,12,17-18H,4,7-11H2,1H3. The van der Waals surface area contributed by atoms with Crippen LogP contribution in [0.1, 0.15) is 19.8 Å². The second-order valence-corrected chi connectivity index (χ2v) is 7.52. The zero-order chi connectivity index (χ0) is 14.4. The molecule has 0 aliphatic carbocycles. The Bertz CT molecular complexity index is 424. The number of para-hydroxylation sites is 1. The van der Waals surface area contributed by atoms with E-state index in [-0.39, 0.29) is 6.61 Å². The van der Waals surface area contributed by atoms with Gasteiger partial charge in [0, 0.05) is 17.8 Å². The number of rotatable bonds is 7. The van der Waals surface area contributed by atoms with E-state index < -0.39 is 6.10 Å². The van der Waals surface area contributed by atoms with Crippen molar-refractivity contribution >= 4 is 23.4 Å². The van der Waals surface area contributed by atoms with Gasteiger partial charge in [0.2, 0.25) is 0 Å². The van der Waals surface area contributed by atoms with E-state index in [0.717, 1.165) is 6.54 Å². The lowest BCUT2D eigenvalue weighted by Gasteiger charge is -2.24. The van der Waals surface area contributed by atoms with Crippen LogP contribution in [0, 0.1) is 0 Å². The van der Waals surface area contributed by atoms with Gasteiger partial charge in [-0.05, 0) is 37.7 Å². The van der Waals surface area contributed by atoms with Crippen molar-refractivity contribution in [3.63, 3.8) is 0 Å². The Labute approximate surface area is 130 Å². The molecule has 2 N–H and O–H groups in total. The monoisotopic (exact) mass is 315 g/mol. The Morgan fingerprint density at radius 2 is 2.30 bits per heavy atom. The Morgan fingerprint density at radius 3 is 3.00 bits per heavy atom. The van der Waals surface area contributed by atoms with E-state index in [0.29, 0.717) is 22.1 Å². The Balaban J connectivity index is 1.65. The summed E-state index contributed by atoms with van der Waals surface area (Å²) in [5, 5.41) is 13.8. The van der Waals surface area contributed by atoms with Crippen LogP contribution in [0.25, 0.3) is 0 Å². The van der Waals surface area contributed by atoms with E-state index in [1.54, 1.807) is 12.1 Å². The molecule has 1 heterocycles. The molecule has 1 aromatic carbocycles. The van der Waals surface area contributed by atoms with Gasteiger partial charge in [-0.15, -0.1) is 0 Å². The summed E-state index contributed by atoms with van der Waals surface area (Å²) < 4.78 is 5.84. The summed E-state index contributed by atoms with van der Waals surface area (Å²) in [6.45, 7) is 4.01. The summed E-state index contributed by atoms with van der Waals surface area (Å²) in [5.41, 5.74) is 0. The van der Waals surface area contributed by atoms with Crippen molar-refractivity contribution < 1.29 is 9.84 Å². The van der Waals surface area contributed by atoms with Crippen molar-refractivity contribution in [2.75, 3.05) is 25.4 Å². The fourth-order valence-corrected chi connectivity index (χ4v) is 3.75. The lowest BCUT2D eigenvalue weighted by molar-refractivity contribution is 0.106. The topological polar surface area (TPSA) is 41.5 Å². The molecule has 2 rings (SSSR count). The minimum absolute atomic E-state index is 0.251. The highest BCUT2D eigenvalue weighted by atomic mass is 35.5. The van der Waals surface area contributed by atoms with E-state index in [4.69, 9.17) is 16.3 Å². The van der Waals surface area contributed by atoms with Gasteiger partial charge in [-0.2, -0.15) is 11.8 Å². The number of hydrogen-bond acceptors (Lipinski definition) is 4. The van der Waals surface area contributed by atoms with Crippen LogP contribution in [0.5, 0.6) is 5.75 Å². The van der Waals surface area contributed by atoms with Crippen LogP contribution in [0.3, 0.4) is 0 Å². The number of halogens is 1. The summed E-state index contributed by atoms with van der Waals surface area (Å²) >= 11 is 8.01. The van der Waals surface area contributed by atoms with E-state index in [9.17, 15) is 5.11 Å². The average Bonchev–Trinajstić information content (AvgIpc) is 2.85. The summed E-state index contributed by atoms with van der Waals surface area (Å²) in [4.78, 5) is 0. The molecule has 5 heteroatoms. The van der Waals surface area contributed by atoms with E-state index in [1.165, 1.54) is 18.6 Å². The highest BCUT2D eigenvalue weighted by Gasteiger charge is 2.28. The zero-order valence-corrected chi connectivity index (χ0v) is 13.3. The Hall–Kier alpha value is -0.420. The predicted octanol–water partition coefficient (Wildman–Crippen LogP) is 2.96. The van der Waals surface area contributed by atoms with Gasteiger partial charge in [-0.1, -0.05) is 23.7 Å². The fourth-order valence-electron chi connectivity index (χ4n) is 2.29. The lowest BCUT2D eigenvalue weighted by atomic mass is 10.1. The maximum Gasteiger partial charge on any atom is 0.138 e. The SMILES string of the molecule is CC1(CNCC(O)COc2ccccc2Cl)CCCS1. The summed E-state index contributed by atoms with van der Waals surface area (Å²) in [5.74, 6) is 1.86. The largest absolute Gasteiger partial charge is 0.489 e. The third-order valence-corrected chi connectivity index (χ3v) is 5.30. The molecule has 0 saturated carbocycles. The number of nitrogens with one attached hydrogen (secondary N) is 1. The molecule has 0 aromatic heterocycles. The van der Waals surface area contributed by atoms with Gasteiger partial charge in [0.15, 0.2) is 0 Å². The summed E-state index contributed by atoms with van der Waals surface area (Å²) in [6, 6.07) is 7.30. The molecule has 1 aliphatic rings. The molecular formula is C15H22ClNO2S. The van der Waals surface area contributed by atoms with Crippen molar-refractivity contribution in [2.24, 2.45) is 0 Å².